The van der Waals surface area contributed by atoms with Gasteiger partial charge in [0.25, 0.3) is 0 Å². The number of benzene rings is 2. The molecule has 0 saturated heterocycles. The predicted octanol–water partition coefficient (Wildman–Crippen LogP) is 3.27. The Bertz CT molecular complexity index is 615. The summed E-state index contributed by atoms with van der Waals surface area (Å²) in [6, 6.07) is 18.0. The monoisotopic (exact) mass is 281 g/mol. The maximum Gasteiger partial charge on any atom is 0.174 e. The summed E-state index contributed by atoms with van der Waals surface area (Å²) in [7, 11) is 4.06. The van der Waals surface area contributed by atoms with Crippen molar-refractivity contribution in [2.24, 2.45) is 0 Å². The summed E-state index contributed by atoms with van der Waals surface area (Å²) in [5.74, 6) is 0.699. The van der Waals surface area contributed by atoms with Crippen LogP contribution in [0.15, 0.2) is 48.5 Å². The molecule has 0 bridgehead atoms. The van der Waals surface area contributed by atoms with Crippen molar-refractivity contribution in [3.8, 4) is 11.8 Å². The highest BCUT2D eigenvalue weighted by Crippen LogP contribution is 2.18. The Hall–Kier alpha value is -2.67. The van der Waals surface area contributed by atoms with Crippen LogP contribution in [0.4, 0.5) is 11.4 Å². The van der Waals surface area contributed by atoms with E-state index in [0.29, 0.717) is 5.75 Å². The van der Waals surface area contributed by atoms with Crippen molar-refractivity contribution < 1.29 is 4.74 Å². The van der Waals surface area contributed by atoms with Gasteiger partial charge in [0.15, 0.2) is 6.61 Å². The van der Waals surface area contributed by atoms with Gasteiger partial charge in [0.1, 0.15) is 11.8 Å². The van der Waals surface area contributed by atoms with Crippen LogP contribution >= 0.6 is 0 Å². The normalized spacial score (nSPS) is 9.76. The molecule has 0 unspecified atom stereocenters. The molecule has 0 atom stereocenters. The summed E-state index contributed by atoms with van der Waals surface area (Å²) in [6.07, 6.45) is 0. The van der Waals surface area contributed by atoms with Crippen LogP contribution in [0.5, 0.6) is 5.75 Å². The van der Waals surface area contributed by atoms with E-state index >= 15 is 0 Å². The van der Waals surface area contributed by atoms with Gasteiger partial charge in [-0.1, -0.05) is 18.2 Å². The molecule has 0 aromatic heterocycles. The lowest BCUT2D eigenvalue weighted by Gasteiger charge is -2.13. The molecule has 21 heavy (non-hydrogen) atoms. The van der Waals surface area contributed by atoms with Crippen LogP contribution in [-0.2, 0) is 6.54 Å². The number of nitrogens with one attached hydrogen (secondary N) is 1. The molecule has 4 nitrogen and oxygen atoms in total. The fourth-order valence-corrected chi connectivity index (χ4v) is 1.93. The molecule has 0 saturated carbocycles. The first-order chi connectivity index (χ1) is 10.2. The van der Waals surface area contributed by atoms with E-state index in [-0.39, 0.29) is 6.61 Å². The third-order valence-electron chi connectivity index (χ3n) is 3.09. The fraction of sp³-hybridized carbons (Fsp3) is 0.235. The van der Waals surface area contributed by atoms with E-state index in [1.165, 1.54) is 11.3 Å². The van der Waals surface area contributed by atoms with Crippen molar-refractivity contribution in [3.05, 3.63) is 54.1 Å². The highest BCUT2D eigenvalue weighted by atomic mass is 16.5. The first-order valence-corrected chi connectivity index (χ1v) is 6.79. The Labute approximate surface area is 125 Å². The van der Waals surface area contributed by atoms with Gasteiger partial charge in [-0.05, 0) is 29.8 Å². The minimum Gasteiger partial charge on any atom is -0.479 e. The van der Waals surface area contributed by atoms with Crippen LogP contribution in [0.3, 0.4) is 0 Å². The molecule has 1 N–H and O–H groups in total. The van der Waals surface area contributed by atoms with Gasteiger partial charge in [-0.25, -0.2) is 0 Å². The van der Waals surface area contributed by atoms with Crippen molar-refractivity contribution >= 4 is 11.4 Å². The second kappa shape index (κ2) is 7.20. The lowest BCUT2D eigenvalue weighted by atomic mass is 10.2. The summed E-state index contributed by atoms with van der Waals surface area (Å²) in [4.78, 5) is 2.08. The number of nitrogens with zero attached hydrogens (tertiary/aromatic N) is 2. The second-order valence-electron chi connectivity index (χ2n) is 4.89. The smallest absolute Gasteiger partial charge is 0.174 e. The molecule has 0 fully saturated rings. The molecule has 2 aromatic rings. The topological polar surface area (TPSA) is 48.3 Å². The van der Waals surface area contributed by atoms with E-state index in [4.69, 9.17) is 10.00 Å². The number of hydrogen-bond donors (Lipinski definition) is 1. The van der Waals surface area contributed by atoms with Crippen LogP contribution in [0.1, 0.15) is 5.56 Å². The van der Waals surface area contributed by atoms with E-state index in [1.807, 2.05) is 44.4 Å². The average molecular weight is 281 g/mol. The van der Waals surface area contributed by atoms with Crippen LogP contribution in [0, 0.1) is 11.3 Å². The molecule has 0 amide bonds. The molecule has 0 aliphatic heterocycles. The van der Waals surface area contributed by atoms with Crippen LogP contribution in [0.25, 0.3) is 0 Å². The summed E-state index contributed by atoms with van der Waals surface area (Å²) in [5.41, 5.74) is 3.37. The quantitative estimate of drug-likeness (QED) is 0.883. The zero-order chi connectivity index (χ0) is 15.1. The standard InChI is InChI=1S/C17H19N3O/c1-20(2)16-8-6-14(7-9-16)13-19-15-4-3-5-17(12-15)21-11-10-18/h3-9,12,19H,11,13H2,1-2H3. The molecule has 0 spiro atoms. The molecule has 0 aliphatic carbocycles. The van der Waals surface area contributed by atoms with Crippen molar-refractivity contribution in [2.45, 2.75) is 6.54 Å². The van der Waals surface area contributed by atoms with E-state index < -0.39 is 0 Å². The molecule has 108 valence electrons. The third kappa shape index (κ3) is 4.43. The van der Waals surface area contributed by atoms with E-state index in [0.717, 1.165) is 12.2 Å². The zero-order valence-electron chi connectivity index (χ0n) is 12.3. The number of anilines is 2. The van der Waals surface area contributed by atoms with Crippen molar-refractivity contribution in [1.29, 1.82) is 5.26 Å². The van der Waals surface area contributed by atoms with Gasteiger partial charge in [0.05, 0.1) is 0 Å². The number of nitriles is 1. The number of hydrogen-bond acceptors (Lipinski definition) is 4. The van der Waals surface area contributed by atoms with Crippen molar-refractivity contribution in [3.63, 3.8) is 0 Å². The van der Waals surface area contributed by atoms with Gasteiger partial charge < -0.3 is 15.0 Å². The van der Waals surface area contributed by atoms with Gasteiger partial charge in [-0.2, -0.15) is 5.26 Å². The molecule has 0 aliphatic rings. The van der Waals surface area contributed by atoms with E-state index in [1.54, 1.807) is 0 Å². The van der Waals surface area contributed by atoms with Crippen molar-refractivity contribution in [1.82, 2.24) is 0 Å². The Morgan fingerprint density at radius 3 is 2.57 bits per heavy atom. The van der Waals surface area contributed by atoms with E-state index in [2.05, 4.69) is 34.5 Å². The molecular formula is C17H19N3O. The molecular weight excluding hydrogens is 262 g/mol. The lowest BCUT2D eigenvalue weighted by molar-refractivity contribution is 0.368. The largest absolute Gasteiger partial charge is 0.479 e. The van der Waals surface area contributed by atoms with Gasteiger partial charge in [-0.3, -0.25) is 0 Å². The van der Waals surface area contributed by atoms with Gasteiger partial charge in [0, 0.05) is 38.1 Å². The third-order valence-corrected chi connectivity index (χ3v) is 3.09. The molecule has 4 heteroatoms. The highest BCUT2D eigenvalue weighted by Gasteiger charge is 1.99. The van der Waals surface area contributed by atoms with E-state index in [9.17, 15) is 0 Å². The average Bonchev–Trinajstić information content (AvgIpc) is 2.52. The minimum absolute atomic E-state index is 0.0649. The maximum absolute atomic E-state index is 8.52. The number of ether oxygens (including phenoxy) is 1. The molecule has 0 heterocycles. The first-order valence-electron chi connectivity index (χ1n) is 6.79. The van der Waals surface area contributed by atoms with Crippen LogP contribution in [-0.4, -0.2) is 20.7 Å². The summed E-state index contributed by atoms with van der Waals surface area (Å²) < 4.78 is 5.28. The summed E-state index contributed by atoms with van der Waals surface area (Å²) in [5, 5.41) is 11.9. The SMILES string of the molecule is CN(C)c1ccc(CNc2cccc(OCC#N)c2)cc1. The first kappa shape index (κ1) is 14.7. The summed E-state index contributed by atoms with van der Waals surface area (Å²) >= 11 is 0. The molecule has 0 radical (unpaired) electrons. The predicted molar refractivity (Wildman–Crippen MR) is 85.6 cm³/mol. The Morgan fingerprint density at radius 2 is 1.90 bits per heavy atom. The molecule has 2 rings (SSSR count). The Balaban J connectivity index is 1.94. The number of rotatable bonds is 6. The minimum atomic E-state index is 0.0649. The Kier molecular flexibility index (Phi) is 5.05. The van der Waals surface area contributed by atoms with Crippen LogP contribution < -0.4 is 15.0 Å². The lowest BCUT2D eigenvalue weighted by Crippen LogP contribution is -2.08. The fourth-order valence-electron chi connectivity index (χ4n) is 1.93. The van der Waals surface area contributed by atoms with Gasteiger partial charge in [-0.15, -0.1) is 0 Å². The van der Waals surface area contributed by atoms with Crippen LogP contribution in [0.2, 0.25) is 0 Å². The second-order valence-corrected chi connectivity index (χ2v) is 4.89. The summed E-state index contributed by atoms with van der Waals surface area (Å²) in [6.45, 7) is 0.810. The highest BCUT2D eigenvalue weighted by molar-refractivity contribution is 5.50. The van der Waals surface area contributed by atoms with Crippen molar-refractivity contribution in [2.75, 3.05) is 30.9 Å². The molecule has 2 aromatic carbocycles. The van der Waals surface area contributed by atoms with Gasteiger partial charge in [0.2, 0.25) is 0 Å². The Morgan fingerprint density at radius 1 is 1.14 bits per heavy atom. The maximum atomic E-state index is 8.52. The van der Waals surface area contributed by atoms with Gasteiger partial charge >= 0.3 is 0 Å². The zero-order valence-corrected chi connectivity index (χ0v) is 12.3.